The van der Waals surface area contributed by atoms with Gasteiger partial charge in [-0.15, -0.1) is 0 Å². The van der Waals surface area contributed by atoms with Crippen LogP contribution in [0, 0.1) is 17.3 Å². The number of allylic oxidation sites excluding steroid dienone is 1. The Morgan fingerprint density at radius 3 is 2.00 bits per heavy atom. The van der Waals surface area contributed by atoms with Gasteiger partial charge >= 0.3 is 0 Å². The molecule has 0 aliphatic heterocycles. The van der Waals surface area contributed by atoms with Crippen LogP contribution in [0.5, 0.6) is 0 Å². The smallest absolute Gasteiger partial charge is 0.0203 e. The van der Waals surface area contributed by atoms with Gasteiger partial charge in [0.1, 0.15) is 0 Å². The molecule has 2 atom stereocenters. The van der Waals surface area contributed by atoms with Gasteiger partial charge < -0.3 is 0 Å². The van der Waals surface area contributed by atoms with Gasteiger partial charge in [-0.05, 0) is 23.7 Å². The van der Waals surface area contributed by atoms with E-state index < -0.39 is 0 Å². The van der Waals surface area contributed by atoms with Gasteiger partial charge in [0, 0.05) is 0 Å². The monoisotopic (exact) mass is 138 g/mol. The molecule has 1 fully saturated rings. The summed E-state index contributed by atoms with van der Waals surface area (Å²) in [6, 6.07) is 0. The summed E-state index contributed by atoms with van der Waals surface area (Å²) in [6.45, 7) is 13.4. The number of rotatable bonds is 0. The van der Waals surface area contributed by atoms with Gasteiger partial charge in [-0.25, -0.2) is 0 Å². The van der Waals surface area contributed by atoms with Crippen molar-refractivity contribution in [1.29, 1.82) is 0 Å². The molecule has 0 aromatic carbocycles. The second-order valence-corrected chi connectivity index (χ2v) is 4.40. The second kappa shape index (κ2) is 2.11. The van der Waals surface area contributed by atoms with E-state index in [0.29, 0.717) is 5.41 Å². The molecule has 58 valence electrons. The van der Waals surface area contributed by atoms with Crippen LogP contribution in [-0.4, -0.2) is 0 Å². The highest BCUT2D eigenvalue weighted by Crippen LogP contribution is 2.48. The van der Waals surface area contributed by atoms with Crippen molar-refractivity contribution in [3.05, 3.63) is 12.2 Å². The Morgan fingerprint density at radius 2 is 1.90 bits per heavy atom. The van der Waals surface area contributed by atoms with E-state index in [4.69, 9.17) is 0 Å². The highest BCUT2D eigenvalue weighted by atomic mass is 14.4. The Hall–Kier alpha value is -0.260. The minimum atomic E-state index is 0.497. The normalized spacial score (nSPS) is 38.6. The Labute approximate surface area is 64.3 Å². The Bertz CT molecular complexity index is 153. The van der Waals surface area contributed by atoms with Crippen molar-refractivity contribution in [2.75, 3.05) is 0 Å². The van der Waals surface area contributed by atoms with Crippen molar-refractivity contribution in [1.82, 2.24) is 0 Å². The van der Waals surface area contributed by atoms with Crippen LogP contribution in [-0.2, 0) is 0 Å². The predicted molar refractivity (Wildman–Crippen MR) is 45.9 cm³/mol. The molecule has 0 heterocycles. The molecule has 0 bridgehead atoms. The lowest BCUT2D eigenvalue weighted by Gasteiger charge is -2.24. The maximum atomic E-state index is 4.08. The van der Waals surface area contributed by atoms with Crippen molar-refractivity contribution in [2.24, 2.45) is 17.3 Å². The predicted octanol–water partition coefficient (Wildman–Crippen LogP) is 3.24. The third-order valence-electron chi connectivity index (χ3n) is 3.31. The summed E-state index contributed by atoms with van der Waals surface area (Å²) in [5.41, 5.74) is 1.94. The van der Waals surface area contributed by atoms with Crippen LogP contribution in [0.25, 0.3) is 0 Å². The van der Waals surface area contributed by atoms with Gasteiger partial charge in [-0.2, -0.15) is 0 Å². The summed E-state index contributed by atoms with van der Waals surface area (Å²) in [5, 5.41) is 0. The molecular weight excluding hydrogens is 120 g/mol. The zero-order valence-electron chi connectivity index (χ0n) is 7.57. The second-order valence-electron chi connectivity index (χ2n) is 4.40. The van der Waals surface area contributed by atoms with Crippen molar-refractivity contribution < 1.29 is 0 Å². The highest BCUT2D eigenvalue weighted by molar-refractivity contribution is 5.12. The first-order valence-corrected chi connectivity index (χ1v) is 4.13. The summed E-state index contributed by atoms with van der Waals surface area (Å²) in [5.74, 6) is 1.54. The number of hydrogen-bond donors (Lipinski definition) is 0. The SMILES string of the molecule is C=C1CC(C)(C)[C@@H](C)[C@H]1C. The van der Waals surface area contributed by atoms with E-state index in [2.05, 4.69) is 34.3 Å². The highest BCUT2D eigenvalue weighted by Gasteiger charge is 2.38. The molecule has 0 amide bonds. The average molecular weight is 138 g/mol. The first kappa shape index (κ1) is 7.84. The molecule has 0 unspecified atom stereocenters. The average Bonchev–Trinajstić information content (AvgIpc) is 1.95. The van der Waals surface area contributed by atoms with Crippen LogP contribution in [0.4, 0.5) is 0 Å². The minimum absolute atomic E-state index is 0.497. The van der Waals surface area contributed by atoms with Gasteiger partial charge in [0.15, 0.2) is 0 Å². The van der Waals surface area contributed by atoms with Gasteiger partial charge in [0.25, 0.3) is 0 Å². The van der Waals surface area contributed by atoms with Crippen LogP contribution >= 0.6 is 0 Å². The molecule has 1 rings (SSSR count). The number of hydrogen-bond acceptors (Lipinski definition) is 0. The van der Waals surface area contributed by atoms with Gasteiger partial charge in [0.2, 0.25) is 0 Å². The Kier molecular flexibility index (Phi) is 1.66. The molecule has 0 nitrogen and oxygen atoms in total. The summed E-state index contributed by atoms with van der Waals surface area (Å²) in [6.07, 6.45) is 1.22. The van der Waals surface area contributed by atoms with E-state index in [1.54, 1.807) is 0 Å². The van der Waals surface area contributed by atoms with Crippen LogP contribution in [0.2, 0.25) is 0 Å². The molecule has 0 heteroatoms. The standard InChI is InChI=1S/C10H18/c1-7-6-10(4,5)9(3)8(7)2/h8-9H,1,6H2,2-5H3/t8-,9-/m0/s1. The molecule has 0 N–H and O–H groups in total. The molecule has 0 spiro atoms. The lowest BCUT2D eigenvalue weighted by molar-refractivity contribution is 0.248. The molecule has 10 heavy (non-hydrogen) atoms. The summed E-state index contributed by atoms with van der Waals surface area (Å²) in [4.78, 5) is 0. The van der Waals surface area contributed by atoms with Crippen LogP contribution in [0.3, 0.4) is 0 Å². The van der Waals surface area contributed by atoms with E-state index in [9.17, 15) is 0 Å². The van der Waals surface area contributed by atoms with Gasteiger partial charge in [-0.1, -0.05) is 39.8 Å². The quantitative estimate of drug-likeness (QED) is 0.451. The fourth-order valence-corrected chi connectivity index (χ4v) is 1.94. The van der Waals surface area contributed by atoms with Crippen molar-refractivity contribution in [3.63, 3.8) is 0 Å². The maximum Gasteiger partial charge on any atom is -0.0203 e. The van der Waals surface area contributed by atoms with E-state index in [0.717, 1.165) is 11.8 Å². The first-order chi connectivity index (χ1) is 4.45. The van der Waals surface area contributed by atoms with Crippen LogP contribution in [0.15, 0.2) is 12.2 Å². The molecule has 0 radical (unpaired) electrons. The third kappa shape index (κ3) is 1.00. The molecule has 1 aliphatic carbocycles. The van der Waals surface area contributed by atoms with Gasteiger partial charge in [0.05, 0.1) is 0 Å². The first-order valence-electron chi connectivity index (χ1n) is 4.13. The molecule has 0 aromatic rings. The zero-order valence-corrected chi connectivity index (χ0v) is 7.57. The lowest BCUT2D eigenvalue weighted by atomic mass is 9.81. The van der Waals surface area contributed by atoms with E-state index in [-0.39, 0.29) is 0 Å². The zero-order chi connectivity index (χ0) is 7.94. The molecule has 0 aromatic heterocycles. The van der Waals surface area contributed by atoms with Crippen molar-refractivity contribution in [2.45, 2.75) is 34.1 Å². The van der Waals surface area contributed by atoms with Crippen LogP contribution < -0.4 is 0 Å². The van der Waals surface area contributed by atoms with Gasteiger partial charge in [-0.3, -0.25) is 0 Å². The van der Waals surface area contributed by atoms with Crippen molar-refractivity contribution in [3.8, 4) is 0 Å². The summed E-state index contributed by atoms with van der Waals surface area (Å²) in [7, 11) is 0. The molecule has 1 aliphatic rings. The maximum absolute atomic E-state index is 4.08. The van der Waals surface area contributed by atoms with E-state index in [1.165, 1.54) is 12.0 Å². The Balaban J connectivity index is 2.81. The molecule has 1 saturated carbocycles. The minimum Gasteiger partial charge on any atom is -0.0996 e. The molecule has 0 saturated heterocycles. The van der Waals surface area contributed by atoms with E-state index >= 15 is 0 Å². The third-order valence-corrected chi connectivity index (χ3v) is 3.31. The topological polar surface area (TPSA) is 0 Å². The van der Waals surface area contributed by atoms with Crippen LogP contribution in [0.1, 0.15) is 34.1 Å². The lowest BCUT2D eigenvalue weighted by Crippen LogP contribution is -2.17. The Morgan fingerprint density at radius 1 is 1.40 bits per heavy atom. The fourth-order valence-electron chi connectivity index (χ4n) is 1.94. The fraction of sp³-hybridized carbons (Fsp3) is 0.800. The summed E-state index contributed by atoms with van der Waals surface area (Å²) < 4.78 is 0. The largest absolute Gasteiger partial charge is 0.0996 e. The summed E-state index contributed by atoms with van der Waals surface area (Å²) >= 11 is 0. The molecular formula is C10H18. The van der Waals surface area contributed by atoms with Crippen molar-refractivity contribution >= 4 is 0 Å². The van der Waals surface area contributed by atoms with E-state index in [1.807, 2.05) is 0 Å².